The van der Waals surface area contributed by atoms with E-state index in [1.54, 1.807) is 6.07 Å². The number of halogens is 5. The Morgan fingerprint density at radius 3 is 2.34 bits per heavy atom. The summed E-state index contributed by atoms with van der Waals surface area (Å²) >= 11 is 5.66. The molecule has 2 aromatic carbocycles. The van der Waals surface area contributed by atoms with Gasteiger partial charge in [0.05, 0.1) is 15.6 Å². The van der Waals surface area contributed by atoms with E-state index in [9.17, 15) is 26.0 Å². The number of nitrogens with zero attached hydrogens (tertiary/aromatic N) is 2. The zero-order chi connectivity index (χ0) is 21.4. The molecule has 0 saturated carbocycles. The third-order valence-electron chi connectivity index (χ3n) is 4.06. The van der Waals surface area contributed by atoms with Crippen molar-refractivity contribution in [1.82, 2.24) is 9.89 Å². The maximum atomic E-state index is 14.0. The van der Waals surface area contributed by atoms with E-state index in [1.165, 1.54) is 43.3 Å². The predicted octanol–water partition coefficient (Wildman–Crippen LogP) is 4.86. The molecular weight excluding hydrogens is 434 g/mol. The minimum atomic E-state index is -4.84. The largest absolute Gasteiger partial charge is 0.435 e. The molecule has 1 N–H and O–H groups in total. The number of sulfonamides is 1. The molecule has 0 spiro atoms. The van der Waals surface area contributed by atoms with E-state index in [0.29, 0.717) is 4.79 Å². The number of nitrogens with one attached hydrogen (secondary N) is 1. The van der Waals surface area contributed by atoms with Gasteiger partial charge in [0.1, 0.15) is 5.82 Å². The molecule has 0 aliphatic rings. The molecule has 0 radical (unpaired) electrons. The maximum Gasteiger partial charge on any atom is 0.435 e. The first kappa shape index (κ1) is 21.1. The van der Waals surface area contributed by atoms with E-state index < -0.39 is 27.7 Å². The van der Waals surface area contributed by atoms with Crippen molar-refractivity contribution in [2.75, 3.05) is 4.83 Å². The molecule has 11 heteroatoms. The molecule has 0 aliphatic heterocycles. The van der Waals surface area contributed by atoms with Gasteiger partial charge >= 0.3 is 6.18 Å². The number of hydrogen-bond acceptors (Lipinski definition) is 3. The molecule has 5 nitrogen and oxygen atoms in total. The second-order valence-corrected chi connectivity index (χ2v) is 8.04. The van der Waals surface area contributed by atoms with E-state index in [0.717, 1.165) is 6.07 Å². The average molecular weight is 448 g/mol. The summed E-state index contributed by atoms with van der Waals surface area (Å²) in [5, 5.41) is 3.21. The smallest absolute Gasteiger partial charge is 0.205 e. The molecule has 0 atom stereocenters. The summed E-state index contributed by atoms with van der Waals surface area (Å²) < 4.78 is 79.7. The van der Waals surface area contributed by atoms with Gasteiger partial charge in [-0.3, -0.25) is 0 Å². The minimum Gasteiger partial charge on any atom is -0.205 e. The number of rotatable bonds is 5. The van der Waals surface area contributed by atoms with Crippen molar-refractivity contribution in [2.24, 2.45) is 0 Å². The molecule has 0 aliphatic carbocycles. The molecule has 0 bridgehead atoms. The highest BCUT2D eigenvalue weighted by molar-refractivity contribution is 7.92. The zero-order valence-corrected chi connectivity index (χ0v) is 16.4. The van der Waals surface area contributed by atoms with Gasteiger partial charge in [0.2, 0.25) is 0 Å². The Morgan fingerprint density at radius 1 is 1.14 bits per heavy atom. The molecule has 0 saturated heterocycles. The van der Waals surface area contributed by atoms with Crippen molar-refractivity contribution in [2.45, 2.75) is 24.4 Å². The lowest BCUT2D eigenvalue weighted by Gasteiger charge is -2.12. The molecule has 154 valence electrons. The summed E-state index contributed by atoms with van der Waals surface area (Å²) in [4.78, 5) is 2.36. The molecular formula is C18H14ClF4N3O2S. The van der Waals surface area contributed by atoms with E-state index in [4.69, 9.17) is 11.6 Å². The van der Waals surface area contributed by atoms with Crippen LogP contribution in [0, 0.1) is 5.82 Å². The number of benzene rings is 2. The van der Waals surface area contributed by atoms with E-state index in [2.05, 4.69) is 5.10 Å². The lowest BCUT2D eigenvalue weighted by Crippen LogP contribution is -2.25. The highest BCUT2D eigenvalue weighted by Gasteiger charge is 2.39. The monoisotopic (exact) mass is 447 g/mol. The Bertz CT molecular complexity index is 1150. The highest BCUT2D eigenvalue weighted by Crippen LogP contribution is 2.37. The van der Waals surface area contributed by atoms with E-state index >= 15 is 0 Å². The zero-order valence-electron chi connectivity index (χ0n) is 14.8. The van der Waals surface area contributed by atoms with Crippen LogP contribution in [0.5, 0.6) is 0 Å². The Hall–Kier alpha value is -2.59. The average Bonchev–Trinajstić information content (AvgIpc) is 3.02. The number of alkyl halides is 3. The molecule has 0 amide bonds. The molecule has 0 fully saturated rings. The SMILES string of the molecule is CCc1c(C(F)(F)F)nn(NS(=O)(=O)c2ccccc2)c1-c1ccc(Cl)c(F)c1. The number of hydrogen-bond donors (Lipinski definition) is 1. The summed E-state index contributed by atoms with van der Waals surface area (Å²) in [6.07, 6.45) is -4.96. The van der Waals surface area contributed by atoms with Gasteiger partial charge in [-0.05, 0) is 30.7 Å². The van der Waals surface area contributed by atoms with E-state index in [-0.39, 0.29) is 33.2 Å². The van der Waals surface area contributed by atoms with Gasteiger partial charge in [-0.1, -0.05) is 42.8 Å². The van der Waals surface area contributed by atoms with Crippen LogP contribution in [0.4, 0.5) is 17.6 Å². The van der Waals surface area contributed by atoms with Crippen molar-refractivity contribution in [1.29, 1.82) is 0 Å². The van der Waals surface area contributed by atoms with Gasteiger partial charge in [0.25, 0.3) is 10.0 Å². The van der Waals surface area contributed by atoms with Gasteiger partial charge in [0, 0.05) is 11.1 Å². The van der Waals surface area contributed by atoms with Gasteiger partial charge in [-0.25, -0.2) is 4.39 Å². The minimum absolute atomic E-state index is 0.0116. The molecule has 3 rings (SSSR count). The molecule has 0 unspecified atom stereocenters. The van der Waals surface area contributed by atoms with Gasteiger partial charge in [-0.2, -0.15) is 31.2 Å². The van der Waals surface area contributed by atoms with Gasteiger partial charge in [-0.15, -0.1) is 5.10 Å². The summed E-state index contributed by atoms with van der Waals surface area (Å²) in [6, 6.07) is 10.4. The second kappa shape index (κ2) is 7.68. The fourth-order valence-electron chi connectivity index (χ4n) is 2.79. The van der Waals surface area contributed by atoms with E-state index in [1.807, 2.05) is 4.83 Å². The normalized spacial score (nSPS) is 12.2. The Balaban J connectivity index is 2.23. The Labute approximate surface area is 168 Å². The first-order valence-electron chi connectivity index (χ1n) is 8.27. The summed E-state index contributed by atoms with van der Waals surface area (Å²) in [5.74, 6) is -0.863. The first-order chi connectivity index (χ1) is 13.5. The highest BCUT2D eigenvalue weighted by atomic mass is 35.5. The number of aromatic nitrogens is 2. The van der Waals surface area contributed by atoms with Crippen molar-refractivity contribution in [3.63, 3.8) is 0 Å². The van der Waals surface area contributed by atoms with Crippen LogP contribution in [0.15, 0.2) is 53.4 Å². The van der Waals surface area contributed by atoms with Gasteiger partial charge < -0.3 is 0 Å². The van der Waals surface area contributed by atoms with Crippen molar-refractivity contribution < 1.29 is 26.0 Å². The van der Waals surface area contributed by atoms with Crippen molar-refractivity contribution >= 4 is 21.6 Å². The van der Waals surface area contributed by atoms with Crippen LogP contribution in [0.2, 0.25) is 5.02 Å². The maximum absolute atomic E-state index is 14.0. The fraction of sp³-hybridized carbons (Fsp3) is 0.167. The molecule has 3 aromatic rings. The second-order valence-electron chi connectivity index (χ2n) is 5.98. The van der Waals surface area contributed by atoms with Crippen LogP contribution < -0.4 is 4.83 Å². The quantitative estimate of drug-likeness (QED) is 0.568. The summed E-state index contributed by atoms with van der Waals surface area (Å²) in [7, 11) is -4.26. The van der Waals surface area contributed by atoms with Crippen LogP contribution in [0.25, 0.3) is 11.3 Å². The standard InChI is InChI=1S/C18H14ClF4N3O2S/c1-2-13-16(11-8-9-14(19)15(20)10-11)26(24-17(13)18(21,22)23)25-29(27,28)12-6-4-3-5-7-12/h3-10,25H,2H2,1H3. The fourth-order valence-corrected chi connectivity index (χ4v) is 3.88. The van der Waals surface area contributed by atoms with Crippen molar-refractivity contribution in [3.8, 4) is 11.3 Å². The lowest BCUT2D eigenvalue weighted by atomic mass is 10.0. The Kier molecular flexibility index (Phi) is 5.59. The molecule has 1 heterocycles. The Morgan fingerprint density at radius 2 is 1.79 bits per heavy atom. The van der Waals surface area contributed by atoms with Gasteiger partial charge in [0.15, 0.2) is 5.69 Å². The topological polar surface area (TPSA) is 64.0 Å². The van der Waals surface area contributed by atoms with Crippen LogP contribution in [-0.4, -0.2) is 18.3 Å². The lowest BCUT2D eigenvalue weighted by molar-refractivity contribution is -0.142. The summed E-state index contributed by atoms with van der Waals surface area (Å²) in [5.41, 5.74) is -1.78. The predicted molar refractivity (Wildman–Crippen MR) is 100.0 cm³/mol. The van der Waals surface area contributed by atoms with Crippen LogP contribution in [0.1, 0.15) is 18.2 Å². The van der Waals surface area contributed by atoms with Crippen LogP contribution in [-0.2, 0) is 22.6 Å². The third kappa shape index (κ3) is 4.23. The van der Waals surface area contributed by atoms with Crippen LogP contribution >= 0.6 is 11.6 Å². The molecule has 29 heavy (non-hydrogen) atoms. The first-order valence-corrected chi connectivity index (χ1v) is 10.1. The third-order valence-corrected chi connectivity index (χ3v) is 5.67. The van der Waals surface area contributed by atoms with Crippen molar-refractivity contribution in [3.05, 3.63) is 70.6 Å². The molecule has 1 aromatic heterocycles. The van der Waals surface area contributed by atoms with Crippen LogP contribution in [0.3, 0.4) is 0 Å². The summed E-state index contributed by atoms with van der Waals surface area (Å²) in [6.45, 7) is 1.46.